The Morgan fingerprint density at radius 3 is 2.03 bits per heavy atom. The normalized spacial score (nSPS) is 19.0. The highest BCUT2D eigenvalue weighted by Gasteiger charge is 2.39. The first-order chi connectivity index (χ1) is 17.0. The van der Waals surface area contributed by atoms with E-state index < -0.39 is 18.4 Å². The molecule has 0 bridgehead atoms. The molecule has 3 heterocycles. The third kappa shape index (κ3) is 6.88. The van der Waals surface area contributed by atoms with Crippen molar-refractivity contribution in [3.8, 4) is 0 Å². The molecule has 4 rings (SSSR count). The van der Waals surface area contributed by atoms with Crippen LogP contribution in [0.3, 0.4) is 0 Å². The molecule has 1 aromatic heterocycles. The first-order valence-electron chi connectivity index (χ1n) is 10.8. The lowest BCUT2D eigenvalue weighted by Crippen LogP contribution is -2.39. The van der Waals surface area contributed by atoms with Gasteiger partial charge < -0.3 is 4.84 Å². The van der Waals surface area contributed by atoms with Crippen molar-refractivity contribution in [1.29, 1.82) is 0 Å². The minimum Gasteiger partial charge on any atom is -0.318 e. The molecule has 2 fully saturated rings. The first-order valence-corrected chi connectivity index (χ1v) is 10.8. The number of carbonyl (C=O) groups is 5. The second-order valence-electron chi connectivity index (χ2n) is 7.81. The van der Waals surface area contributed by atoms with Crippen molar-refractivity contribution < 1.29 is 49.1 Å². The van der Waals surface area contributed by atoms with Gasteiger partial charge >= 0.3 is 5.97 Å². The number of aromatic nitrogens is 3. The molecular weight excluding hydrogens is 482 g/mol. The lowest BCUT2D eigenvalue weighted by molar-refractivity contribution is -0.299. The van der Waals surface area contributed by atoms with E-state index in [0.29, 0.717) is 11.0 Å². The highest BCUT2D eigenvalue weighted by Crippen LogP contribution is 2.21. The van der Waals surface area contributed by atoms with Crippen LogP contribution in [0.25, 0.3) is 11.0 Å². The van der Waals surface area contributed by atoms with Crippen LogP contribution in [0.15, 0.2) is 24.3 Å². The van der Waals surface area contributed by atoms with Gasteiger partial charge in [-0.3, -0.25) is 29.0 Å². The maximum atomic E-state index is 11.2. The number of likely N-dealkylation sites (tertiary alicyclic amines) is 2. The average molecular weight is 509 g/mol. The van der Waals surface area contributed by atoms with Crippen molar-refractivity contribution >= 4 is 40.6 Å². The zero-order chi connectivity index (χ0) is 27.0. The van der Waals surface area contributed by atoms with Crippen molar-refractivity contribution in [1.82, 2.24) is 25.0 Å². The Bertz CT molecular complexity index is 1100. The molecule has 3 unspecified atom stereocenters. The minimum absolute atomic E-state index is 0.201. The van der Waals surface area contributed by atoms with E-state index in [1.54, 1.807) is 19.1 Å². The summed E-state index contributed by atoms with van der Waals surface area (Å²) in [4.78, 5) is 70.3. The van der Waals surface area contributed by atoms with Gasteiger partial charge in [-0.15, -0.1) is 5.10 Å². The summed E-state index contributed by atoms with van der Waals surface area (Å²) in [6.45, 7) is 5.86. The summed E-state index contributed by atoms with van der Waals surface area (Å²) in [5.41, 5.74) is 1.38. The number of rotatable bonds is 5. The van der Waals surface area contributed by atoms with Crippen LogP contribution in [0.4, 0.5) is 0 Å². The van der Waals surface area contributed by atoms with Gasteiger partial charge in [0.25, 0.3) is 0 Å². The number of carbonyl (C=O) groups excluding carboxylic acids is 5. The number of hydrogen-bond donors (Lipinski definition) is 2. The zero-order valence-corrected chi connectivity index (χ0v) is 20.1. The van der Waals surface area contributed by atoms with E-state index in [1.165, 1.54) is 20.8 Å². The highest BCUT2D eigenvalue weighted by molar-refractivity contribution is 6.03. The molecule has 15 heteroatoms. The van der Waals surface area contributed by atoms with E-state index in [0.717, 1.165) is 14.6 Å². The number of amides is 4. The summed E-state index contributed by atoms with van der Waals surface area (Å²) in [5, 5.41) is 23.9. The molecular formula is C21H27N5O10. The van der Waals surface area contributed by atoms with Crippen LogP contribution >= 0.6 is 0 Å². The number of benzene rings is 1. The molecule has 2 aliphatic rings. The number of nitrogens with zero attached hydrogens (tertiary/aromatic N) is 5. The molecule has 4 amide bonds. The Morgan fingerprint density at radius 1 is 0.972 bits per heavy atom. The van der Waals surface area contributed by atoms with Crippen LogP contribution in [0.5, 0.6) is 0 Å². The van der Waals surface area contributed by atoms with E-state index in [-0.39, 0.29) is 48.8 Å². The second-order valence-corrected chi connectivity index (χ2v) is 7.81. The Labute approximate surface area is 204 Å². The number of para-hydroxylation sites is 1. The van der Waals surface area contributed by atoms with Crippen LogP contribution < -0.4 is 4.84 Å². The summed E-state index contributed by atoms with van der Waals surface area (Å²) < 4.78 is 0. The highest BCUT2D eigenvalue weighted by atomic mass is 17.1. The number of imide groups is 2. The van der Waals surface area contributed by atoms with Crippen LogP contribution in [-0.4, -0.2) is 77.5 Å². The van der Waals surface area contributed by atoms with Gasteiger partial charge in [-0.2, -0.15) is 0 Å². The molecule has 36 heavy (non-hydrogen) atoms. The maximum absolute atomic E-state index is 11.2. The van der Waals surface area contributed by atoms with E-state index in [2.05, 4.69) is 20.1 Å². The summed E-state index contributed by atoms with van der Waals surface area (Å²) in [6, 6.07) is 7.24. The van der Waals surface area contributed by atoms with Gasteiger partial charge in [-0.1, -0.05) is 23.9 Å². The second kappa shape index (κ2) is 12.8. The minimum atomic E-state index is -0.880. The standard InChI is InChI=1S/C8H7N3O2.C7H11NO4.C6H9NO4/c1-6(12)13-11-8-5-3-2-4-7(8)9-10-11;1-4-3-6(9)8(7(4)10)5(2)12-11;1-4(11-10)7-5(8)2-3-6(7)9/h2-5H,1H3;4-5,11H,3H2,1-2H3;4,10H,2-3H2,1H3. The molecule has 2 aliphatic heterocycles. The van der Waals surface area contributed by atoms with E-state index in [9.17, 15) is 24.0 Å². The summed E-state index contributed by atoms with van der Waals surface area (Å²) in [7, 11) is 0. The monoisotopic (exact) mass is 509 g/mol. The molecule has 15 nitrogen and oxygen atoms in total. The molecule has 196 valence electrons. The van der Waals surface area contributed by atoms with Gasteiger partial charge in [0.2, 0.25) is 23.6 Å². The molecule has 0 aliphatic carbocycles. The molecule has 0 spiro atoms. The molecule has 0 radical (unpaired) electrons. The van der Waals surface area contributed by atoms with Crippen LogP contribution in [-0.2, 0) is 33.7 Å². The SMILES string of the molecule is CC(=O)On1nnc2ccccc21.CC(OO)N1C(=O)CCC1=O.CC1CC(=O)N(C(C)OO)C1=O. The maximum Gasteiger partial charge on any atom is 0.332 e. The van der Waals surface area contributed by atoms with E-state index in [4.69, 9.17) is 15.4 Å². The molecule has 2 saturated heterocycles. The van der Waals surface area contributed by atoms with Crippen molar-refractivity contribution in [2.45, 2.75) is 59.4 Å². The molecule has 1 aromatic carbocycles. The third-order valence-electron chi connectivity index (χ3n) is 5.07. The fourth-order valence-electron chi connectivity index (χ4n) is 3.32. The van der Waals surface area contributed by atoms with Crippen LogP contribution in [0, 0.1) is 5.92 Å². The fourth-order valence-corrected chi connectivity index (χ4v) is 3.32. The Kier molecular flexibility index (Phi) is 10.1. The number of hydrogen-bond acceptors (Lipinski definition) is 12. The smallest absolute Gasteiger partial charge is 0.318 e. The van der Waals surface area contributed by atoms with Crippen molar-refractivity contribution in [2.75, 3.05) is 0 Å². The first kappa shape index (κ1) is 28.4. The van der Waals surface area contributed by atoms with Crippen molar-refractivity contribution in [2.24, 2.45) is 5.92 Å². The number of fused-ring (bicyclic) bond motifs is 1. The summed E-state index contributed by atoms with van der Waals surface area (Å²) in [6.07, 6.45) is -1.11. The van der Waals surface area contributed by atoms with E-state index >= 15 is 0 Å². The molecule has 2 N–H and O–H groups in total. The molecule has 2 aromatic rings. The lowest BCUT2D eigenvalue weighted by atomic mass is 10.1. The predicted octanol–water partition coefficient (Wildman–Crippen LogP) is 0.594. The van der Waals surface area contributed by atoms with Crippen LogP contribution in [0.2, 0.25) is 0 Å². The van der Waals surface area contributed by atoms with Gasteiger partial charge in [-0.05, 0) is 31.2 Å². The topological polar surface area (TPSA) is 191 Å². The van der Waals surface area contributed by atoms with Crippen LogP contribution in [0.1, 0.15) is 47.0 Å². The molecule has 3 atom stereocenters. The average Bonchev–Trinajstić information content (AvgIpc) is 3.48. The predicted molar refractivity (Wildman–Crippen MR) is 118 cm³/mol. The third-order valence-corrected chi connectivity index (χ3v) is 5.07. The van der Waals surface area contributed by atoms with Gasteiger partial charge in [-0.25, -0.2) is 25.1 Å². The Balaban J connectivity index is 0.000000191. The Morgan fingerprint density at radius 2 is 1.53 bits per heavy atom. The van der Waals surface area contributed by atoms with Gasteiger partial charge in [0.05, 0.1) is 0 Å². The summed E-state index contributed by atoms with van der Waals surface area (Å²) in [5.74, 6) is -1.89. The lowest BCUT2D eigenvalue weighted by Gasteiger charge is -2.18. The molecule has 0 saturated carbocycles. The van der Waals surface area contributed by atoms with E-state index in [1.807, 2.05) is 12.1 Å². The summed E-state index contributed by atoms with van der Waals surface area (Å²) >= 11 is 0. The van der Waals surface area contributed by atoms with Crippen molar-refractivity contribution in [3.05, 3.63) is 24.3 Å². The van der Waals surface area contributed by atoms with Crippen molar-refractivity contribution in [3.63, 3.8) is 0 Å². The fraction of sp³-hybridized carbons (Fsp3) is 0.476. The zero-order valence-electron chi connectivity index (χ0n) is 20.1. The van der Waals surface area contributed by atoms with Gasteiger partial charge in [0.15, 0.2) is 12.5 Å². The Hall–Kier alpha value is -3.79. The largest absolute Gasteiger partial charge is 0.332 e. The van der Waals surface area contributed by atoms with Gasteiger partial charge in [0, 0.05) is 32.1 Å². The van der Waals surface area contributed by atoms with Gasteiger partial charge in [0.1, 0.15) is 11.0 Å². The quantitative estimate of drug-likeness (QED) is 0.247.